The Morgan fingerprint density at radius 2 is 2.55 bits per heavy atom. The second-order valence-electron chi connectivity index (χ2n) is 2.94. The molecule has 0 unspecified atom stereocenters. The molecule has 1 fully saturated rings. The zero-order chi connectivity index (χ0) is 7.52. The molecule has 0 radical (unpaired) electrons. The van der Waals surface area contributed by atoms with Crippen LogP contribution in [0.1, 0.15) is 18.5 Å². The van der Waals surface area contributed by atoms with Gasteiger partial charge in [-0.25, -0.2) is 4.98 Å². The molecule has 3 heteroatoms. The first-order valence-electron chi connectivity index (χ1n) is 3.90. The maximum absolute atomic E-state index is 4.23. The van der Waals surface area contributed by atoms with Crippen LogP contribution in [0.4, 0.5) is 0 Å². The van der Waals surface area contributed by atoms with Gasteiger partial charge in [-0.1, -0.05) is 0 Å². The monoisotopic (exact) mass is 185 g/mol. The normalized spacial score (nSPS) is 17.1. The molecule has 1 aromatic heterocycles. The third-order valence-corrected chi connectivity index (χ3v) is 3.63. The van der Waals surface area contributed by atoms with Crippen molar-refractivity contribution >= 4 is 23.1 Å². The Morgan fingerprint density at radius 1 is 1.64 bits per heavy atom. The fourth-order valence-corrected chi connectivity index (χ4v) is 2.74. The Hall–Kier alpha value is -0.0200. The SMILES string of the molecule is c1nc(CSCC2CC2)cs1. The van der Waals surface area contributed by atoms with Crippen molar-refractivity contribution in [2.75, 3.05) is 5.75 Å². The van der Waals surface area contributed by atoms with E-state index in [-0.39, 0.29) is 0 Å². The van der Waals surface area contributed by atoms with Crippen molar-refractivity contribution in [3.05, 3.63) is 16.6 Å². The molecule has 60 valence electrons. The summed E-state index contributed by atoms with van der Waals surface area (Å²) in [5.41, 5.74) is 3.16. The average Bonchev–Trinajstić information content (AvgIpc) is 2.66. The topological polar surface area (TPSA) is 12.9 Å². The van der Waals surface area contributed by atoms with Crippen molar-refractivity contribution < 1.29 is 0 Å². The molecule has 1 aliphatic rings. The van der Waals surface area contributed by atoms with Gasteiger partial charge < -0.3 is 0 Å². The molecule has 0 bridgehead atoms. The lowest BCUT2D eigenvalue weighted by atomic mass is 10.5. The Morgan fingerprint density at radius 3 is 3.18 bits per heavy atom. The molecule has 1 nitrogen and oxygen atoms in total. The fraction of sp³-hybridized carbons (Fsp3) is 0.625. The van der Waals surface area contributed by atoms with Crippen LogP contribution in [0.3, 0.4) is 0 Å². The molecule has 1 aromatic rings. The quantitative estimate of drug-likeness (QED) is 0.715. The number of hydrogen-bond acceptors (Lipinski definition) is 3. The van der Waals surface area contributed by atoms with Crippen molar-refractivity contribution in [1.82, 2.24) is 4.98 Å². The van der Waals surface area contributed by atoms with Crippen molar-refractivity contribution in [3.63, 3.8) is 0 Å². The van der Waals surface area contributed by atoms with Gasteiger partial charge in [0.25, 0.3) is 0 Å². The molecule has 11 heavy (non-hydrogen) atoms. The second kappa shape index (κ2) is 3.59. The first-order chi connectivity index (χ1) is 5.45. The smallest absolute Gasteiger partial charge is 0.0795 e. The van der Waals surface area contributed by atoms with E-state index in [1.807, 2.05) is 17.3 Å². The van der Waals surface area contributed by atoms with Gasteiger partial charge in [-0.05, 0) is 24.5 Å². The zero-order valence-corrected chi connectivity index (χ0v) is 7.96. The maximum atomic E-state index is 4.23. The van der Waals surface area contributed by atoms with E-state index in [0.29, 0.717) is 0 Å². The van der Waals surface area contributed by atoms with E-state index in [1.165, 1.54) is 24.3 Å². The van der Waals surface area contributed by atoms with Gasteiger partial charge in [-0.15, -0.1) is 11.3 Å². The van der Waals surface area contributed by atoms with Crippen LogP contribution in [0.15, 0.2) is 10.9 Å². The van der Waals surface area contributed by atoms with Crippen LogP contribution in [-0.4, -0.2) is 10.7 Å². The molecule has 0 saturated heterocycles. The Balaban J connectivity index is 1.66. The predicted molar refractivity (Wildman–Crippen MR) is 51.0 cm³/mol. The van der Waals surface area contributed by atoms with Gasteiger partial charge in [-0.3, -0.25) is 0 Å². The largest absolute Gasteiger partial charge is 0.249 e. The number of thiazole rings is 1. The lowest BCUT2D eigenvalue weighted by Gasteiger charge is -1.94. The molecule has 0 aliphatic heterocycles. The highest BCUT2D eigenvalue weighted by atomic mass is 32.2. The van der Waals surface area contributed by atoms with Gasteiger partial charge in [0.2, 0.25) is 0 Å². The second-order valence-corrected chi connectivity index (χ2v) is 4.69. The van der Waals surface area contributed by atoms with E-state index < -0.39 is 0 Å². The van der Waals surface area contributed by atoms with E-state index in [0.717, 1.165) is 11.7 Å². The van der Waals surface area contributed by atoms with E-state index in [4.69, 9.17) is 0 Å². The van der Waals surface area contributed by atoms with Gasteiger partial charge in [0.05, 0.1) is 11.2 Å². The third kappa shape index (κ3) is 2.49. The summed E-state index contributed by atoms with van der Waals surface area (Å²) in [5, 5.41) is 2.14. The summed E-state index contributed by atoms with van der Waals surface area (Å²) >= 11 is 3.72. The number of rotatable bonds is 4. The van der Waals surface area contributed by atoms with Crippen LogP contribution in [-0.2, 0) is 5.75 Å². The standard InChI is InChI=1S/C8H11NS2/c1-2-7(1)3-10-4-8-5-11-6-9-8/h5-7H,1-4H2. The fourth-order valence-electron chi connectivity index (χ4n) is 0.923. The minimum Gasteiger partial charge on any atom is -0.249 e. The lowest BCUT2D eigenvalue weighted by molar-refractivity contribution is 0.998. The first kappa shape index (κ1) is 7.62. The van der Waals surface area contributed by atoms with Crippen molar-refractivity contribution in [1.29, 1.82) is 0 Å². The van der Waals surface area contributed by atoms with E-state index in [2.05, 4.69) is 10.4 Å². The summed E-state index contributed by atoms with van der Waals surface area (Å²) in [5.74, 6) is 3.50. The van der Waals surface area contributed by atoms with Crippen LogP contribution in [0.25, 0.3) is 0 Å². The molecule has 0 aromatic carbocycles. The summed E-state index contributed by atoms with van der Waals surface area (Å²) < 4.78 is 0. The summed E-state index contributed by atoms with van der Waals surface area (Å²) in [4.78, 5) is 4.23. The van der Waals surface area contributed by atoms with Crippen LogP contribution < -0.4 is 0 Å². The predicted octanol–water partition coefficient (Wildman–Crippen LogP) is 2.79. The van der Waals surface area contributed by atoms with Crippen molar-refractivity contribution in [2.45, 2.75) is 18.6 Å². The molecule has 1 heterocycles. The molecule has 0 amide bonds. The molecular formula is C8H11NS2. The minimum absolute atomic E-state index is 1.04. The molecule has 0 atom stereocenters. The molecular weight excluding hydrogens is 174 g/mol. The number of hydrogen-bond donors (Lipinski definition) is 0. The van der Waals surface area contributed by atoms with E-state index in [9.17, 15) is 0 Å². The van der Waals surface area contributed by atoms with Gasteiger partial charge in [0, 0.05) is 11.1 Å². The Bertz CT molecular complexity index is 204. The van der Waals surface area contributed by atoms with Gasteiger partial charge in [0.1, 0.15) is 0 Å². The zero-order valence-electron chi connectivity index (χ0n) is 6.32. The summed E-state index contributed by atoms with van der Waals surface area (Å²) in [6.45, 7) is 0. The molecule has 0 N–H and O–H groups in total. The molecule has 1 aliphatic carbocycles. The van der Waals surface area contributed by atoms with Crippen LogP contribution in [0.2, 0.25) is 0 Å². The van der Waals surface area contributed by atoms with Gasteiger partial charge in [-0.2, -0.15) is 11.8 Å². The van der Waals surface area contributed by atoms with E-state index in [1.54, 1.807) is 11.3 Å². The highest BCUT2D eigenvalue weighted by molar-refractivity contribution is 7.98. The lowest BCUT2D eigenvalue weighted by Crippen LogP contribution is -1.83. The molecule has 2 rings (SSSR count). The maximum Gasteiger partial charge on any atom is 0.0795 e. The summed E-state index contributed by atoms with van der Waals surface area (Å²) in [6.07, 6.45) is 2.92. The summed E-state index contributed by atoms with van der Waals surface area (Å²) in [6, 6.07) is 0. The Labute approximate surface area is 75.2 Å². The number of thioether (sulfide) groups is 1. The minimum atomic E-state index is 1.04. The highest BCUT2D eigenvalue weighted by Gasteiger charge is 2.20. The van der Waals surface area contributed by atoms with Crippen LogP contribution in [0.5, 0.6) is 0 Å². The van der Waals surface area contributed by atoms with Crippen molar-refractivity contribution in [2.24, 2.45) is 5.92 Å². The van der Waals surface area contributed by atoms with Crippen LogP contribution in [0, 0.1) is 5.92 Å². The third-order valence-electron chi connectivity index (χ3n) is 1.78. The van der Waals surface area contributed by atoms with E-state index >= 15 is 0 Å². The Kier molecular flexibility index (Phi) is 2.48. The molecule has 1 saturated carbocycles. The first-order valence-corrected chi connectivity index (χ1v) is 6.00. The average molecular weight is 185 g/mol. The number of nitrogens with zero attached hydrogens (tertiary/aromatic N) is 1. The van der Waals surface area contributed by atoms with Crippen LogP contribution >= 0.6 is 23.1 Å². The van der Waals surface area contributed by atoms with Gasteiger partial charge in [0.15, 0.2) is 0 Å². The molecule has 0 spiro atoms. The highest BCUT2D eigenvalue weighted by Crippen LogP contribution is 2.33. The summed E-state index contributed by atoms with van der Waals surface area (Å²) in [7, 11) is 0. The number of aromatic nitrogens is 1. The van der Waals surface area contributed by atoms with Crippen molar-refractivity contribution in [3.8, 4) is 0 Å². The van der Waals surface area contributed by atoms with Gasteiger partial charge >= 0.3 is 0 Å².